The number of methoxy groups -OCH3 is 2. The average Bonchev–Trinajstić information content (AvgIpc) is 2.82. The summed E-state index contributed by atoms with van der Waals surface area (Å²) >= 11 is 0. The highest BCUT2D eigenvalue weighted by atomic mass is 16.5. The largest absolute Gasteiger partial charge is 0.465 e. The summed E-state index contributed by atoms with van der Waals surface area (Å²) in [6.45, 7) is 0. The van der Waals surface area contributed by atoms with Gasteiger partial charge in [0, 0.05) is 11.3 Å². The predicted octanol–water partition coefficient (Wildman–Crippen LogP) is 4.44. The SMILES string of the molecule is COC(=O)c1cc(NC(=O)C(=Cc2ccccc2)c2ccccc2)cc(C(=O)OC)c1. The first kappa shape index (κ1) is 21.5. The first-order valence-electron chi connectivity index (χ1n) is 9.47. The van der Waals surface area contributed by atoms with Gasteiger partial charge in [-0.15, -0.1) is 0 Å². The molecule has 156 valence electrons. The molecule has 0 aromatic heterocycles. The fourth-order valence-electron chi connectivity index (χ4n) is 2.98. The van der Waals surface area contributed by atoms with E-state index in [-0.39, 0.29) is 16.8 Å². The van der Waals surface area contributed by atoms with Gasteiger partial charge in [0.25, 0.3) is 5.91 Å². The zero-order valence-corrected chi connectivity index (χ0v) is 17.1. The van der Waals surface area contributed by atoms with Crippen molar-refractivity contribution in [2.75, 3.05) is 19.5 Å². The molecule has 3 aromatic carbocycles. The molecule has 0 heterocycles. The lowest BCUT2D eigenvalue weighted by molar-refractivity contribution is -0.111. The van der Waals surface area contributed by atoms with Gasteiger partial charge in [-0.3, -0.25) is 4.79 Å². The molecule has 0 fully saturated rings. The first-order chi connectivity index (χ1) is 15.0. The van der Waals surface area contributed by atoms with Crippen LogP contribution < -0.4 is 5.32 Å². The van der Waals surface area contributed by atoms with E-state index < -0.39 is 17.8 Å². The van der Waals surface area contributed by atoms with Gasteiger partial charge in [0.2, 0.25) is 0 Å². The molecule has 1 amide bonds. The second-order valence-corrected chi connectivity index (χ2v) is 6.57. The fourth-order valence-corrected chi connectivity index (χ4v) is 2.98. The van der Waals surface area contributed by atoms with Crippen molar-refractivity contribution < 1.29 is 23.9 Å². The van der Waals surface area contributed by atoms with Gasteiger partial charge in [-0.2, -0.15) is 0 Å². The molecule has 3 rings (SSSR count). The minimum Gasteiger partial charge on any atom is -0.465 e. The Kier molecular flexibility index (Phi) is 6.96. The van der Waals surface area contributed by atoms with Crippen molar-refractivity contribution in [2.24, 2.45) is 0 Å². The third-order valence-corrected chi connectivity index (χ3v) is 4.47. The molecule has 6 heteroatoms. The molecule has 0 saturated carbocycles. The second-order valence-electron chi connectivity index (χ2n) is 6.57. The summed E-state index contributed by atoms with van der Waals surface area (Å²) in [6.07, 6.45) is 1.77. The number of carbonyl (C=O) groups is 3. The maximum absolute atomic E-state index is 13.2. The minimum absolute atomic E-state index is 0.119. The molecular formula is C25H21NO5. The van der Waals surface area contributed by atoms with Gasteiger partial charge in [0.05, 0.1) is 25.3 Å². The number of nitrogens with one attached hydrogen (secondary N) is 1. The minimum atomic E-state index is -0.635. The molecule has 0 aliphatic heterocycles. The molecule has 0 aliphatic rings. The number of carbonyl (C=O) groups excluding carboxylic acids is 3. The maximum atomic E-state index is 13.2. The van der Waals surface area contributed by atoms with Crippen molar-refractivity contribution in [1.29, 1.82) is 0 Å². The monoisotopic (exact) mass is 415 g/mol. The Balaban J connectivity index is 2.01. The van der Waals surface area contributed by atoms with E-state index >= 15 is 0 Å². The number of rotatable bonds is 6. The van der Waals surface area contributed by atoms with E-state index in [4.69, 9.17) is 9.47 Å². The Morgan fingerprint density at radius 1 is 0.710 bits per heavy atom. The Morgan fingerprint density at radius 2 is 1.23 bits per heavy atom. The second kappa shape index (κ2) is 10.0. The van der Waals surface area contributed by atoms with E-state index in [2.05, 4.69) is 5.32 Å². The summed E-state index contributed by atoms with van der Waals surface area (Å²) in [5.74, 6) is -1.67. The summed E-state index contributed by atoms with van der Waals surface area (Å²) < 4.78 is 9.49. The van der Waals surface area contributed by atoms with Crippen LogP contribution in [0.2, 0.25) is 0 Å². The molecule has 0 unspecified atom stereocenters. The van der Waals surface area contributed by atoms with Crippen LogP contribution in [0.1, 0.15) is 31.8 Å². The van der Waals surface area contributed by atoms with Crippen molar-refractivity contribution in [1.82, 2.24) is 0 Å². The third kappa shape index (κ3) is 5.45. The third-order valence-electron chi connectivity index (χ3n) is 4.47. The molecule has 1 N–H and O–H groups in total. The van der Waals surface area contributed by atoms with Crippen molar-refractivity contribution in [3.05, 3.63) is 101 Å². The normalized spacial score (nSPS) is 10.8. The highest BCUT2D eigenvalue weighted by Crippen LogP contribution is 2.23. The number of ether oxygens (including phenoxy) is 2. The Labute approximate surface area is 180 Å². The van der Waals surface area contributed by atoms with Crippen molar-refractivity contribution in [3.63, 3.8) is 0 Å². The van der Waals surface area contributed by atoms with Gasteiger partial charge in [-0.1, -0.05) is 60.7 Å². The van der Waals surface area contributed by atoms with Crippen molar-refractivity contribution in [2.45, 2.75) is 0 Å². The van der Waals surface area contributed by atoms with Crippen molar-refractivity contribution in [3.8, 4) is 0 Å². The number of benzene rings is 3. The molecule has 0 aliphatic carbocycles. The molecule has 0 saturated heterocycles. The molecule has 0 radical (unpaired) electrons. The Bertz CT molecular complexity index is 1090. The topological polar surface area (TPSA) is 81.7 Å². The van der Waals surface area contributed by atoms with Crippen molar-refractivity contribution >= 4 is 35.2 Å². The molecule has 0 atom stereocenters. The van der Waals surface area contributed by atoms with E-state index in [1.165, 1.54) is 32.4 Å². The zero-order valence-electron chi connectivity index (χ0n) is 17.1. The summed E-state index contributed by atoms with van der Waals surface area (Å²) in [4.78, 5) is 37.2. The van der Waals surface area contributed by atoms with Gasteiger partial charge in [0.15, 0.2) is 0 Å². The summed E-state index contributed by atoms with van der Waals surface area (Å²) in [6, 6.07) is 22.9. The smallest absolute Gasteiger partial charge is 0.337 e. The lowest BCUT2D eigenvalue weighted by atomic mass is 10.0. The highest BCUT2D eigenvalue weighted by Gasteiger charge is 2.17. The highest BCUT2D eigenvalue weighted by molar-refractivity contribution is 6.29. The van der Waals surface area contributed by atoms with Gasteiger partial charge < -0.3 is 14.8 Å². The lowest BCUT2D eigenvalue weighted by Gasteiger charge is -2.12. The summed E-state index contributed by atoms with van der Waals surface area (Å²) in [5.41, 5.74) is 2.51. The van der Waals surface area contributed by atoms with E-state index in [0.717, 1.165) is 11.1 Å². The van der Waals surface area contributed by atoms with Crippen LogP contribution in [-0.4, -0.2) is 32.1 Å². The molecular weight excluding hydrogens is 394 g/mol. The summed E-state index contributed by atoms with van der Waals surface area (Å²) in [5, 5.41) is 2.78. The van der Waals surface area contributed by atoms with Crippen LogP contribution in [0.3, 0.4) is 0 Å². The van der Waals surface area contributed by atoms with Crippen LogP contribution in [0.15, 0.2) is 78.9 Å². The summed E-state index contributed by atoms with van der Waals surface area (Å²) in [7, 11) is 2.48. The molecule has 6 nitrogen and oxygen atoms in total. The van der Waals surface area contributed by atoms with E-state index in [1.54, 1.807) is 6.08 Å². The number of esters is 2. The molecule has 0 bridgehead atoms. The van der Waals surface area contributed by atoms with Crippen LogP contribution in [0.5, 0.6) is 0 Å². The zero-order chi connectivity index (χ0) is 22.2. The predicted molar refractivity (Wildman–Crippen MR) is 119 cm³/mol. The standard InChI is InChI=1S/C25H21NO5/c1-30-24(28)19-14-20(25(29)31-2)16-21(15-19)26-23(27)22(18-11-7-4-8-12-18)13-17-9-5-3-6-10-17/h3-16H,1-2H3,(H,26,27). The van der Waals surface area contributed by atoms with Gasteiger partial charge in [-0.05, 0) is 35.4 Å². The van der Waals surface area contributed by atoms with Crippen LogP contribution in [0.25, 0.3) is 11.6 Å². The van der Waals surface area contributed by atoms with Crippen LogP contribution >= 0.6 is 0 Å². The van der Waals surface area contributed by atoms with Crippen LogP contribution in [0, 0.1) is 0 Å². The molecule has 31 heavy (non-hydrogen) atoms. The van der Waals surface area contributed by atoms with Crippen LogP contribution in [0.4, 0.5) is 5.69 Å². The average molecular weight is 415 g/mol. The Morgan fingerprint density at radius 3 is 1.74 bits per heavy atom. The maximum Gasteiger partial charge on any atom is 0.337 e. The Hall–Kier alpha value is -4.19. The van der Waals surface area contributed by atoms with E-state index in [0.29, 0.717) is 5.57 Å². The van der Waals surface area contributed by atoms with Crippen LogP contribution in [-0.2, 0) is 14.3 Å². The van der Waals surface area contributed by atoms with Gasteiger partial charge >= 0.3 is 11.9 Å². The van der Waals surface area contributed by atoms with Gasteiger partial charge in [-0.25, -0.2) is 9.59 Å². The van der Waals surface area contributed by atoms with E-state index in [9.17, 15) is 14.4 Å². The quantitative estimate of drug-likeness (QED) is 0.366. The fraction of sp³-hybridized carbons (Fsp3) is 0.0800. The van der Waals surface area contributed by atoms with Gasteiger partial charge in [0.1, 0.15) is 0 Å². The number of hydrogen-bond donors (Lipinski definition) is 1. The number of hydrogen-bond acceptors (Lipinski definition) is 5. The molecule has 0 spiro atoms. The first-order valence-corrected chi connectivity index (χ1v) is 9.47. The van der Waals surface area contributed by atoms with E-state index in [1.807, 2.05) is 60.7 Å². The number of amides is 1. The number of anilines is 1. The molecule has 3 aromatic rings. The lowest BCUT2D eigenvalue weighted by Crippen LogP contribution is -2.15.